The lowest BCUT2D eigenvalue weighted by Crippen LogP contribution is -2.41. The highest BCUT2D eigenvalue weighted by Gasteiger charge is 2.38. The van der Waals surface area contributed by atoms with Crippen molar-refractivity contribution in [3.63, 3.8) is 0 Å². The molecule has 1 N–H and O–H groups in total. The van der Waals surface area contributed by atoms with E-state index in [0.717, 1.165) is 11.3 Å². The lowest BCUT2D eigenvalue weighted by Gasteiger charge is -2.38. The molecule has 6 nitrogen and oxygen atoms in total. The van der Waals surface area contributed by atoms with Crippen LogP contribution in [-0.4, -0.2) is 35.3 Å². The van der Waals surface area contributed by atoms with Gasteiger partial charge in [0.25, 0.3) is 10.0 Å². The van der Waals surface area contributed by atoms with Crippen LogP contribution < -0.4 is 14.4 Å². The van der Waals surface area contributed by atoms with Gasteiger partial charge in [-0.05, 0) is 29.8 Å². The van der Waals surface area contributed by atoms with Gasteiger partial charge < -0.3 is 14.8 Å². The van der Waals surface area contributed by atoms with E-state index in [-0.39, 0.29) is 11.5 Å². The van der Waals surface area contributed by atoms with Gasteiger partial charge in [-0.25, -0.2) is 8.42 Å². The van der Waals surface area contributed by atoms with Crippen LogP contribution in [0.3, 0.4) is 0 Å². The zero-order chi connectivity index (χ0) is 21.0. The van der Waals surface area contributed by atoms with Gasteiger partial charge in [-0.3, -0.25) is 4.31 Å². The summed E-state index contributed by atoms with van der Waals surface area (Å²) in [6, 6.07) is 23.1. The number of benzene rings is 3. The Morgan fingerprint density at radius 2 is 1.73 bits per heavy atom. The number of anilines is 2. The number of nitrogens with zero attached hydrogens (tertiary/aromatic N) is 1. The van der Waals surface area contributed by atoms with Gasteiger partial charge in [0.05, 0.1) is 17.2 Å². The molecular formula is C23H24N2O4S. The molecule has 0 amide bonds. The Balaban J connectivity index is 1.78. The van der Waals surface area contributed by atoms with E-state index in [1.807, 2.05) is 42.5 Å². The predicted molar refractivity (Wildman–Crippen MR) is 118 cm³/mol. The van der Waals surface area contributed by atoms with Crippen molar-refractivity contribution in [3.8, 4) is 5.75 Å². The third kappa shape index (κ3) is 3.99. The summed E-state index contributed by atoms with van der Waals surface area (Å²) in [5, 5.41) is 3.25. The maximum atomic E-state index is 13.7. The molecule has 1 unspecified atom stereocenters. The van der Waals surface area contributed by atoms with Crippen LogP contribution >= 0.6 is 0 Å². The van der Waals surface area contributed by atoms with Gasteiger partial charge in [-0.2, -0.15) is 0 Å². The predicted octanol–water partition coefficient (Wildman–Crippen LogP) is 4.07. The highest BCUT2D eigenvalue weighted by molar-refractivity contribution is 7.92. The van der Waals surface area contributed by atoms with Gasteiger partial charge in [-0.15, -0.1) is 0 Å². The second kappa shape index (κ2) is 8.77. The number of fused-ring (bicyclic) bond motifs is 1. The van der Waals surface area contributed by atoms with Gasteiger partial charge in [0.2, 0.25) is 0 Å². The van der Waals surface area contributed by atoms with Crippen molar-refractivity contribution < 1.29 is 17.9 Å². The summed E-state index contributed by atoms with van der Waals surface area (Å²) >= 11 is 0. The van der Waals surface area contributed by atoms with Crippen LogP contribution in [0, 0.1) is 0 Å². The molecule has 1 heterocycles. The first-order valence-electron chi connectivity index (χ1n) is 9.75. The van der Waals surface area contributed by atoms with Crippen molar-refractivity contribution in [2.75, 3.05) is 36.5 Å². The average Bonchev–Trinajstić information content (AvgIpc) is 2.79. The Morgan fingerprint density at radius 3 is 2.43 bits per heavy atom. The normalized spacial score (nSPS) is 15.9. The summed E-state index contributed by atoms with van der Waals surface area (Å²) in [4.78, 5) is 0.251. The van der Waals surface area contributed by atoms with E-state index >= 15 is 0 Å². The zero-order valence-corrected chi connectivity index (χ0v) is 17.5. The quantitative estimate of drug-likeness (QED) is 0.579. The topological polar surface area (TPSA) is 67.9 Å². The lowest BCUT2D eigenvalue weighted by molar-refractivity contribution is 0.210. The molecule has 0 aromatic heterocycles. The molecule has 3 aromatic carbocycles. The average molecular weight is 425 g/mol. The fourth-order valence-electron chi connectivity index (χ4n) is 3.53. The summed E-state index contributed by atoms with van der Waals surface area (Å²) in [7, 11) is -2.15. The summed E-state index contributed by atoms with van der Waals surface area (Å²) in [5.74, 6) is 0.532. The third-order valence-electron chi connectivity index (χ3n) is 5.00. The third-order valence-corrected chi connectivity index (χ3v) is 6.83. The van der Waals surface area contributed by atoms with Crippen LogP contribution in [0.5, 0.6) is 5.75 Å². The van der Waals surface area contributed by atoms with Gasteiger partial charge in [-0.1, -0.05) is 48.5 Å². The lowest BCUT2D eigenvalue weighted by atomic mass is 10.1. The van der Waals surface area contributed by atoms with Crippen LogP contribution in [0.1, 0.15) is 11.6 Å². The molecule has 156 valence electrons. The van der Waals surface area contributed by atoms with E-state index in [0.29, 0.717) is 24.6 Å². The number of ether oxygens (including phenoxy) is 2. The molecule has 0 spiro atoms. The van der Waals surface area contributed by atoms with Crippen LogP contribution in [0.2, 0.25) is 0 Å². The molecule has 30 heavy (non-hydrogen) atoms. The second-order valence-corrected chi connectivity index (χ2v) is 8.77. The fourth-order valence-corrected chi connectivity index (χ4v) is 5.19. The van der Waals surface area contributed by atoms with E-state index in [1.54, 1.807) is 43.5 Å². The van der Waals surface area contributed by atoms with E-state index in [4.69, 9.17) is 9.47 Å². The first-order valence-corrected chi connectivity index (χ1v) is 11.2. The smallest absolute Gasteiger partial charge is 0.265 e. The summed E-state index contributed by atoms with van der Waals surface area (Å²) in [6.45, 7) is 1.45. The number of sulfonamides is 1. The van der Waals surface area contributed by atoms with Crippen LogP contribution in [-0.2, 0) is 14.8 Å². The minimum absolute atomic E-state index is 0.227. The molecule has 0 aliphatic carbocycles. The monoisotopic (exact) mass is 424 g/mol. The number of rotatable bonds is 7. The molecule has 0 saturated heterocycles. The summed E-state index contributed by atoms with van der Waals surface area (Å²) in [6.07, 6.45) is 0. The first-order chi connectivity index (χ1) is 14.6. The van der Waals surface area contributed by atoms with Crippen LogP contribution in [0.25, 0.3) is 0 Å². The summed E-state index contributed by atoms with van der Waals surface area (Å²) < 4.78 is 39.9. The molecule has 1 atom stereocenters. The molecule has 1 aliphatic heterocycles. The maximum Gasteiger partial charge on any atom is 0.265 e. The molecule has 0 fully saturated rings. The Morgan fingerprint density at radius 1 is 1.03 bits per heavy atom. The van der Waals surface area contributed by atoms with Gasteiger partial charge >= 0.3 is 0 Å². The SMILES string of the molecule is COCCNc1ccc2c(c1)OCC(c1ccccc1)N2S(=O)(=O)c1ccccc1. The highest BCUT2D eigenvalue weighted by Crippen LogP contribution is 2.44. The first kappa shape index (κ1) is 20.3. The molecular weight excluding hydrogens is 400 g/mol. The van der Waals surface area contributed by atoms with E-state index in [1.165, 1.54) is 4.31 Å². The number of hydrogen-bond donors (Lipinski definition) is 1. The minimum atomic E-state index is -3.79. The van der Waals surface area contributed by atoms with E-state index in [2.05, 4.69) is 5.32 Å². The Bertz CT molecular complexity index is 1090. The van der Waals surface area contributed by atoms with Crippen molar-refractivity contribution >= 4 is 21.4 Å². The second-order valence-electron chi connectivity index (χ2n) is 6.95. The van der Waals surface area contributed by atoms with Crippen molar-refractivity contribution in [2.45, 2.75) is 10.9 Å². The van der Waals surface area contributed by atoms with Crippen molar-refractivity contribution in [1.82, 2.24) is 0 Å². The molecule has 0 bridgehead atoms. The molecule has 0 radical (unpaired) electrons. The molecule has 4 rings (SSSR count). The number of hydrogen-bond acceptors (Lipinski definition) is 5. The van der Waals surface area contributed by atoms with Gasteiger partial charge in [0.15, 0.2) is 0 Å². The van der Waals surface area contributed by atoms with Crippen LogP contribution in [0.4, 0.5) is 11.4 Å². The number of methoxy groups -OCH3 is 1. The van der Waals surface area contributed by atoms with Crippen molar-refractivity contribution in [2.24, 2.45) is 0 Å². The Kier molecular flexibility index (Phi) is 5.92. The number of nitrogens with one attached hydrogen (secondary N) is 1. The molecule has 7 heteroatoms. The highest BCUT2D eigenvalue weighted by atomic mass is 32.2. The Hall–Kier alpha value is -3.03. The summed E-state index contributed by atoms with van der Waals surface area (Å²) in [5.41, 5.74) is 2.25. The van der Waals surface area contributed by atoms with Crippen LogP contribution in [0.15, 0.2) is 83.8 Å². The maximum absolute atomic E-state index is 13.7. The van der Waals surface area contributed by atoms with Crippen molar-refractivity contribution in [1.29, 1.82) is 0 Å². The zero-order valence-electron chi connectivity index (χ0n) is 16.7. The van der Waals surface area contributed by atoms with Crippen molar-refractivity contribution in [3.05, 3.63) is 84.4 Å². The fraction of sp³-hybridized carbons (Fsp3) is 0.217. The Labute approximate surface area is 177 Å². The minimum Gasteiger partial charge on any atom is -0.489 e. The molecule has 1 aliphatic rings. The van der Waals surface area contributed by atoms with E-state index in [9.17, 15) is 8.42 Å². The largest absolute Gasteiger partial charge is 0.489 e. The molecule has 3 aromatic rings. The molecule has 0 saturated carbocycles. The van der Waals surface area contributed by atoms with Gasteiger partial charge in [0, 0.05) is 25.4 Å². The van der Waals surface area contributed by atoms with E-state index < -0.39 is 16.1 Å². The van der Waals surface area contributed by atoms with Gasteiger partial charge in [0.1, 0.15) is 18.4 Å². The standard InChI is InChI=1S/C23H24N2O4S/c1-28-15-14-24-19-12-13-21-23(16-19)29-17-22(18-8-4-2-5-9-18)25(21)30(26,27)20-10-6-3-7-11-20/h2-13,16,22,24H,14-15,17H2,1H3.